The summed E-state index contributed by atoms with van der Waals surface area (Å²) < 4.78 is 36.3. The fourth-order valence-electron chi connectivity index (χ4n) is 0.846. The summed E-state index contributed by atoms with van der Waals surface area (Å²) in [6, 6.07) is 0. The van der Waals surface area contributed by atoms with Gasteiger partial charge in [0.15, 0.2) is 4.83 Å². The van der Waals surface area contributed by atoms with Gasteiger partial charge in [0, 0.05) is 6.54 Å². The number of nitrogens with two attached hydrogens (primary N) is 1. The Labute approximate surface area is 76.4 Å². The van der Waals surface area contributed by atoms with Gasteiger partial charge in [0.1, 0.15) is 5.71 Å². The standard InChI is InChI=1S/C5H6ClF3N2S/c6-4-11-3(5(7,8)9)2(1-10)12-4/h2,4H,1,10H2. The molecular formula is C5H6ClF3N2S. The van der Waals surface area contributed by atoms with Crippen molar-refractivity contribution in [2.24, 2.45) is 10.7 Å². The van der Waals surface area contributed by atoms with Gasteiger partial charge >= 0.3 is 6.18 Å². The first kappa shape index (κ1) is 10.1. The lowest BCUT2D eigenvalue weighted by Crippen LogP contribution is -2.34. The number of aliphatic imine (C=N–C) groups is 1. The summed E-state index contributed by atoms with van der Waals surface area (Å²) >= 11 is 6.32. The Balaban J connectivity index is 2.80. The highest BCUT2D eigenvalue weighted by Gasteiger charge is 2.44. The lowest BCUT2D eigenvalue weighted by atomic mass is 10.2. The van der Waals surface area contributed by atoms with E-state index in [9.17, 15) is 13.2 Å². The molecule has 1 rings (SSSR count). The van der Waals surface area contributed by atoms with Crippen LogP contribution < -0.4 is 5.73 Å². The van der Waals surface area contributed by atoms with Crippen LogP contribution in [0.4, 0.5) is 13.2 Å². The Morgan fingerprint density at radius 3 is 2.50 bits per heavy atom. The van der Waals surface area contributed by atoms with Crippen LogP contribution in [-0.2, 0) is 0 Å². The molecule has 0 spiro atoms. The number of halogens is 4. The van der Waals surface area contributed by atoms with E-state index in [-0.39, 0.29) is 6.54 Å². The van der Waals surface area contributed by atoms with E-state index in [1.807, 2.05) is 0 Å². The molecule has 0 aliphatic carbocycles. The predicted molar refractivity (Wildman–Crippen MR) is 43.6 cm³/mol. The number of nitrogens with zero attached hydrogens (tertiary/aromatic N) is 1. The Kier molecular flexibility index (Phi) is 2.90. The van der Waals surface area contributed by atoms with Gasteiger partial charge < -0.3 is 5.73 Å². The molecule has 0 fully saturated rings. The third-order valence-electron chi connectivity index (χ3n) is 1.33. The van der Waals surface area contributed by atoms with Crippen LogP contribution in [0.15, 0.2) is 4.99 Å². The summed E-state index contributed by atoms with van der Waals surface area (Å²) in [6.07, 6.45) is -4.40. The maximum absolute atomic E-state index is 12.1. The van der Waals surface area contributed by atoms with Crippen molar-refractivity contribution < 1.29 is 13.2 Å². The van der Waals surface area contributed by atoms with Crippen LogP contribution in [0.3, 0.4) is 0 Å². The molecule has 1 heterocycles. The second-order valence-electron chi connectivity index (χ2n) is 2.16. The van der Waals surface area contributed by atoms with Gasteiger partial charge in [-0.1, -0.05) is 11.6 Å². The van der Waals surface area contributed by atoms with Crippen LogP contribution in [0.25, 0.3) is 0 Å². The third-order valence-corrected chi connectivity index (χ3v) is 2.81. The quantitative estimate of drug-likeness (QED) is 0.536. The Hall–Kier alpha value is 0.0600. The topological polar surface area (TPSA) is 38.4 Å². The molecule has 0 aromatic carbocycles. The van der Waals surface area contributed by atoms with E-state index < -0.39 is 22.0 Å². The minimum atomic E-state index is -4.40. The first-order chi connectivity index (χ1) is 5.45. The van der Waals surface area contributed by atoms with E-state index in [1.165, 1.54) is 0 Å². The summed E-state index contributed by atoms with van der Waals surface area (Å²) in [4.78, 5) is 2.40. The van der Waals surface area contributed by atoms with Crippen LogP contribution in [0, 0.1) is 0 Å². The molecule has 2 nitrogen and oxygen atoms in total. The predicted octanol–water partition coefficient (Wildman–Crippen LogP) is 1.59. The molecular weight excluding hydrogens is 213 g/mol. The second-order valence-corrected chi connectivity index (χ2v) is 4.12. The molecule has 0 saturated heterocycles. The molecule has 0 aromatic heterocycles. The van der Waals surface area contributed by atoms with Crippen LogP contribution >= 0.6 is 23.4 Å². The number of alkyl halides is 4. The molecule has 2 N–H and O–H groups in total. The molecule has 0 saturated carbocycles. The summed E-state index contributed by atoms with van der Waals surface area (Å²) in [6.45, 7) is -0.0910. The molecule has 0 bridgehead atoms. The highest BCUT2D eigenvalue weighted by molar-refractivity contribution is 8.02. The Morgan fingerprint density at radius 1 is 1.58 bits per heavy atom. The molecule has 1 aliphatic rings. The average molecular weight is 219 g/mol. The van der Waals surface area contributed by atoms with Crippen LogP contribution in [0.5, 0.6) is 0 Å². The van der Waals surface area contributed by atoms with E-state index in [0.29, 0.717) is 0 Å². The normalized spacial score (nSPS) is 30.6. The van der Waals surface area contributed by atoms with Crippen molar-refractivity contribution in [3.8, 4) is 0 Å². The molecule has 0 radical (unpaired) electrons. The number of rotatable bonds is 1. The first-order valence-corrected chi connectivity index (χ1v) is 4.47. The van der Waals surface area contributed by atoms with Gasteiger partial charge in [-0.25, -0.2) is 0 Å². The molecule has 7 heteroatoms. The summed E-state index contributed by atoms with van der Waals surface area (Å²) in [5, 5.41) is -0.813. The van der Waals surface area contributed by atoms with E-state index >= 15 is 0 Å². The monoisotopic (exact) mass is 218 g/mol. The molecule has 0 aromatic rings. The lowest BCUT2D eigenvalue weighted by Gasteiger charge is -2.11. The van der Waals surface area contributed by atoms with E-state index in [2.05, 4.69) is 4.99 Å². The Morgan fingerprint density at radius 2 is 2.17 bits per heavy atom. The zero-order chi connectivity index (χ0) is 9.35. The Bertz CT molecular complexity index is 205. The fourth-order valence-corrected chi connectivity index (χ4v) is 2.20. The van der Waals surface area contributed by atoms with Crippen molar-refractivity contribution in [3.63, 3.8) is 0 Å². The van der Waals surface area contributed by atoms with Gasteiger partial charge in [0.2, 0.25) is 0 Å². The van der Waals surface area contributed by atoms with E-state index in [1.54, 1.807) is 0 Å². The van der Waals surface area contributed by atoms with Crippen molar-refractivity contribution in [1.82, 2.24) is 0 Å². The minimum absolute atomic E-state index is 0.0910. The van der Waals surface area contributed by atoms with Crippen molar-refractivity contribution in [3.05, 3.63) is 0 Å². The fraction of sp³-hybridized carbons (Fsp3) is 0.800. The van der Waals surface area contributed by atoms with Crippen molar-refractivity contribution in [2.75, 3.05) is 6.54 Å². The van der Waals surface area contributed by atoms with Crippen LogP contribution in [-0.4, -0.2) is 28.5 Å². The highest BCUT2D eigenvalue weighted by atomic mass is 35.5. The molecule has 0 amide bonds. The highest BCUT2D eigenvalue weighted by Crippen LogP contribution is 2.36. The van der Waals surface area contributed by atoms with Crippen molar-refractivity contribution in [2.45, 2.75) is 16.3 Å². The molecule has 2 atom stereocenters. The zero-order valence-electron chi connectivity index (χ0n) is 5.81. The van der Waals surface area contributed by atoms with Gasteiger partial charge in [-0.3, -0.25) is 4.99 Å². The van der Waals surface area contributed by atoms with Gasteiger partial charge in [0.25, 0.3) is 0 Å². The maximum Gasteiger partial charge on any atom is 0.430 e. The minimum Gasteiger partial charge on any atom is -0.329 e. The number of hydrogen-bond donors (Lipinski definition) is 1. The van der Waals surface area contributed by atoms with E-state index in [4.69, 9.17) is 17.3 Å². The molecule has 12 heavy (non-hydrogen) atoms. The van der Waals surface area contributed by atoms with Crippen LogP contribution in [0.1, 0.15) is 0 Å². The van der Waals surface area contributed by atoms with Gasteiger partial charge in [-0.2, -0.15) is 13.2 Å². The van der Waals surface area contributed by atoms with Gasteiger partial charge in [-0.15, -0.1) is 11.8 Å². The number of hydrogen-bond acceptors (Lipinski definition) is 3. The summed E-state index contributed by atoms with van der Waals surface area (Å²) in [5.74, 6) is 0. The average Bonchev–Trinajstić information content (AvgIpc) is 2.29. The number of thioether (sulfide) groups is 1. The summed E-state index contributed by atoms with van der Waals surface area (Å²) in [7, 11) is 0. The van der Waals surface area contributed by atoms with Gasteiger partial charge in [-0.05, 0) is 0 Å². The van der Waals surface area contributed by atoms with Crippen molar-refractivity contribution >= 4 is 29.1 Å². The largest absolute Gasteiger partial charge is 0.430 e. The van der Waals surface area contributed by atoms with Crippen molar-refractivity contribution in [1.29, 1.82) is 0 Å². The van der Waals surface area contributed by atoms with Crippen LogP contribution in [0.2, 0.25) is 0 Å². The lowest BCUT2D eigenvalue weighted by molar-refractivity contribution is -0.0599. The smallest absolute Gasteiger partial charge is 0.329 e. The maximum atomic E-state index is 12.1. The second kappa shape index (κ2) is 3.43. The van der Waals surface area contributed by atoms with E-state index in [0.717, 1.165) is 11.8 Å². The molecule has 1 aliphatic heterocycles. The third kappa shape index (κ3) is 2.05. The zero-order valence-corrected chi connectivity index (χ0v) is 7.38. The SMILES string of the molecule is NCC1SC(Cl)N=C1C(F)(F)F. The molecule has 2 unspecified atom stereocenters. The summed E-state index contributed by atoms with van der Waals surface area (Å²) in [5.41, 5.74) is 4.27. The first-order valence-electron chi connectivity index (χ1n) is 3.09. The van der Waals surface area contributed by atoms with Gasteiger partial charge in [0.05, 0.1) is 5.25 Å². The molecule has 70 valence electrons.